The lowest BCUT2D eigenvalue weighted by molar-refractivity contribution is -0.119. The zero-order chi connectivity index (χ0) is 19.7. The molecule has 4 rings (SSSR count). The Hall–Kier alpha value is -2.58. The highest BCUT2D eigenvalue weighted by Gasteiger charge is 2.26. The molecule has 6 nitrogen and oxygen atoms in total. The van der Waals surface area contributed by atoms with Crippen LogP contribution >= 0.6 is 22.9 Å². The van der Waals surface area contributed by atoms with Gasteiger partial charge in [-0.05, 0) is 42.6 Å². The molecule has 0 atom stereocenters. The number of aromatic nitrogens is 3. The smallest absolute Gasteiger partial charge is 0.222 e. The molecule has 0 spiro atoms. The minimum atomic E-state index is -0.503. The Labute approximate surface area is 170 Å². The molecule has 3 aromatic rings. The molecule has 2 N–H and O–H groups in total. The Morgan fingerprint density at radius 3 is 2.75 bits per heavy atom. The van der Waals surface area contributed by atoms with Crippen molar-refractivity contribution in [2.24, 2.45) is 0 Å². The first-order valence-corrected chi connectivity index (χ1v) is 9.99. The van der Waals surface area contributed by atoms with Crippen LogP contribution in [0.3, 0.4) is 0 Å². The van der Waals surface area contributed by atoms with Crippen LogP contribution in [0, 0.1) is 5.82 Å². The van der Waals surface area contributed by atoms with E-state index in [9.17, 15) is 9.18 Å². The molecule has 0 aliphatic carbocycles. The maximum atomic E-state index is 14.7. The van der Waals surface area contributed by atoms with Gasteiger partial charge in [0.1, 0.15) is 0 Å². The summed E-state index contributed by atoms with van der Waals surface area (Å²) in [5.74, 6) is -0.299. The Morgan fingerprint density at radius 1 is 1.25 bits per heavy atom. The summed E-state index contributed by atoms with van der Waals surface area (Å²) in [6.45, 7) is 1.37. The van der Waals surface area contributed by atoms with Crippen LogP contribution in [-0.4, -0.2) is 39.4 Å². The number of hydrogen-bond acceptors (Lipinski definition) is 6. The zero-order valence-corrected chi connectivity index (χ0v) is 16.4. The van der Waals surface area contributed by atoms with E-state index in [2.05, 4.69) is 9.97 Å². The van der Waals surface area contributed by atoms with Gasteiger partial charge >= 0.3 is 0 Å². The average Bonchev–Trinajstić information content (AvgIpc) is 3.15. The molecule has 1 fully saturated rings. The summed E-state index contributed by atoms with van der Waals surface area (Å²) >= 11 is 7.44. The fourth-order valence-corrected chi connectivity index (χ4v) is 4.68. The highest BCUT2D eigenvalue weighted by molar-refractivity contribution is 7.15. The van der Waals surface area contributed by atoms with Gasteiger partial charge in [-0.3, -0.25) is 4.79 Å². The Balaban J connectivity index is 1.81. The number of hydrogen-bond donors (Lipinski definition) is 1. The van der Waals surface area contributed by atoms with Crippen LogP contribution in [0.25, 0.3) is 21.8 Å². The second-order valence-corrected chi connectivity index (χ2v) is 7.93. The van der Waals surface area contributed by atoms with Crippen molar-refractivity contribution in [1.82, 2.24) is 19.9 Å². The van der Waals surface area contributed by atoms with E-state index in [1.165, 1.54) is 17.4 Å². The topological polar surface area (TPSA) is 85.0 Å². The summed E-state index contributed by atoms with van der Waals surface area (Å²) in [7, 11) is 0. The summed E-state index contributed by atoms with van der Waals surface area (Å²) < 4.78 is 14.7. The number of nitrogens with zero attached hydrogens (tertiary/aromatic N) is 4. The number of nitrogens with two attached hydrogens (primary N) is 1. The van der Waals surface area contributed by atoms with Crippen LogP contribution in [0.5, 0.6) is 0 Å². The summed E-state index contributed by atoms with van der Waals surface area (Å²) in [6, 6.07) is 6.60. The van der Waals surface area contributed by atoms with E-state index in [-0.39, 0.29) is 16.9 Å². The summed E-state index contributed by atoms with van der Waals surface area (Å²) in [4.78, 5) is 26.4. The third kappa shape index (κ3) is 3.57. The van der Waals surface area contributed by atoms with Crippen LogP contribution in [0.1, 0.15) is 23.8 Å². The number of likely N-dealkylation sites (tertiary alicyclic amines) is 1. The molecule has 1 aliphatic rings. The molecule has 0 radical (unpaired) electrons. The van der Waals surface area contributed by atoms with Crippen molar-refractivity contribution in [3.8, 4) is 21.8 Å². The van der Waals surface area contributed by atoms with E-state index in [4.69, 9.17) is 22.3 Å². The molecule has 1 aromatic carbocycles. The molecule has 2 aromatic heterocycles. The number of rotatable bonds is 4. The lowest BCUT2D eigenvalue weighted by atomic mass is 9.98. The predicted molar refractivity (Wildman–Crippen MR) is 108 cm³/mol. The standard InChI is InChI=1S/C19H17ClFN5OS/c20-19-23-7-4-14(24-19)17-16(12-2-1-3-13(22)15(12)21)25-18(28-17)11-5-8-26(10-27)9-6-11/h1-4,7,10-11H,5-6,8-9,22H2. The van der Waals surface area contributed by atoms with Crippen molar-refractivity contribution in [2.75, 3.05) is 18.8 Å². The number of anilines is 1. The van der Waals surface area contributed by atoms with Crippen LogP contribution < -0.4 is 5.73 Å². The van der Waals surface area contributed by atoms with Crippen molar-refractivity contribution in [2.45, 2.75) is 18.8 Å². The molecule has 1 saturated heterocycles. The van der Waals surface area contributed by atoms with Gasteiger partial charge in [0.15, 0.2) is 5.82 Å². The fourth-order valence-electron chi connectivity index (χ4n) is 3.31. The second-order valence-electron chi connectivity index (χ2n) is 6.57. The molecule has 0 saturated carbocycles. The number of amides is 1. The van der Waals surface area contributed by atoms with E-state index in [0.717, 1.165) is 29.1 Å². The van der Waals surface area contributed by atoms with Gasteiger partial charge in [-0.15, -0.1) is 11.3 Å². The number of thiazole rings is 1. The molecule has 3 heterocycles. The maximum Gasteiger partial charge on any atom is 0.222 e. The Morgan fingerprint density at radius 2 is 2.04 bits per heavy atom. The number of nitrogen functional groups attached to an aromatic ring is 1. The molecule has 144 valence electrons. The van der Waals surface area contributed by atoms with Gasteiger partial charge in [-0.25, -0.2) is 19.3 Å². The van der Waals surface area contributed by atoms with Gasteiger partial charge in [0, 0.05) is 30.8 Å². The zero-order valence-electron chi connectivity index (χ0n) is 14.8. The van der Waals surface area contributed by atoms with Gasteiger partial charge in [0.25, 0.3) is 0 Å². The average molecular weight is 418 g/mol. The van der Waals surface area contributed by atoms with Crippen molar-refractivity contribution in [1.29, 1.82) is 0 Å². The summed E-state index contributed by atoms with van der Waals surface area (Å²) in [6.07, 6.45) is 4.07. The number of carbonyl (C=O) groups is 1. The third-order valence-corrected chi connectivity index (χ3v) is 6.24. The first-order chi connectivity index (χ1) is 13.6. The minimum Gasteiger partial charge on any atom is -0.396 e. The van der Waals surface area contributed by atoms with Gasteiger partial charge in [-0.2, -0.15) is 0 Å². The molecule has 1 amide bonds. The van der Waals surface area contributed by atoms with Crippen molar-refractivity contribution in [3.63, 3.8) is 0 Å². The minimum absolute atomic E-state index is 0.0676. The van der Waals surface area contributed by atoms with E-state index in [1.807, 2.05) is 0 Å². The van der Waals surface area contributed by atoms with Crippen molar-refractivity contribution >= 4 is 35.0 Å². The van der Waals surface area contributed by atoms with Crippen LogP contribution in [0.4, 0.5) is 10.1 Å². The van der Waals surface area contributed by atoms with Gasteiger partial charge in [0.2, 0.25) is 11.7 Å². The molecule has 0 unspecified atom stereocenters. The first kappa shape index (κ1) is 18.8. The highest BCUT2D eigenvalue weighted by atomic mass is 35.5. The van der Waals surface area contributed by atoms with Gasteiger partial charge in [-0.1, -0.05) is 6.07 Å². The normalized spacial score (nSPS) is 15.0. The quantitative estimate of drug-likeness (QED) is 0.394. The largest absolute Gasteiger partial charge is 0.396 e. The number of carbonyl (C=O) groups excluding carboxylic acids is 1. The number of halogens is 2. The first-order valence-electron chi connectivity index (χ1n) is 8.80. The molecule has 0 bridgehead atoms. The molecule has 28 heavy (non-hydrogen) atoms. The van der Waals surface area contributed by atoms with Crippen molar-refractivity contribution < 1.29 is 9.18 Å². The second kappa shape index (κ2) is 7.81. The summed E-state index contributed by atoms with van der Waals surface area (Å²) in [5, 5.41) is 1.01. The third-order valence-electron chi connectivity index (χ3n) is 4.81. The molecule has 9 heteroatoms. The monoisotopic (exact) mass is 417 g/mol. The lowest BCUT2D eigenvalue weighted by Crippen LogP contribution is -2.31. The van der Waals surface area contributed by atoms with Gasteiger partial charge in [0.05, 0.1) is 27.0 Å². The predicted octanol–water partition coefficient (Wildman–Crippen LogP) is 3.98. The Bertz CT molecular complexity index is 1020. The molecular weight excluding hydrogens is 401 g/mol. The van der Waals surface area contributed by atoms with E-state index >= 15 is 0 Å². The fraction of sp³-hybridized carbons (Fsp3) is 0.263. The number of benzene rings is 1. The Kier molecular flexibility index (Phi) is 5.23. The van der Waals surface area contributed by atoms with Crippen LogP contribution in [0.2, 0.25) is 5.28 Å². The summed E-state index contributed by atoms with van der Waals surface area (Å²) in [5.41, 5.74) is 7.25. The number of piperidine rings is 1. The maximum absolute atomic E-state index is 14.7. The SMILES string of the molecule is Nc1cccc(-c2nc(C3CCN(C=O)CC3)sc2-c2ccnc(Cl)n2)c1F. The van der Waals surface area contributed by atoms with Crippen molar-refractivity contribution in [3.05, 3.63) is 46.6 Å². The van der Waals surface area contributed by atoms with E-state index < -0.39 is 5.82 Å². The van der Waals surface area contributed by atoms with E-state index in [0.29, 0.717) is 30.0 Å². The molecule has 1 aliphatic heterocycles. The van der Waals surface area contributed by atoms with E-state index in [1.54, 1.807) is 29.3 Å². The highest BCUT2D eigenvalue weighted by Crippen LogP contribution is 2.42. The lowest BCUT2D eigenvalue weighted by Gasteiger charge is -2.27. The van der Waals surface area contributed by atoms with Crippen LogP contribution in [-0.2, 0) is 4.79 Å². The van der Waals surface area contributed by atoms with Gasteiger partial charge < -0.3 is 10.6 Å². The molecular formula is C19H17ClFN5OS. The van der Waals surface area contributed by atoms with Crippen LogP contribution in [0.15, 0.2) is 30.5 Å².